The van der Waals surface area contributed by atoms with Crippen LogP contribution in [0.4, 0.5) is 4.39 Å². The molecule has 0 saturated carbocycles. The Kier molecular flexibility index (Phi) is 10.2. The Labute approximate surface area is 269 Å². The average Bonchev–Trinajstić information content (AvgIpc) is 3.70. The molecule has 8 heteroatoms. The van der Waals surface area contributed by atoms with Crippen molar-refractivity contribution in [2.75, 3.05) is 18.3 Å². The highest BCUT2D eigenvalue weighted by Gasteiger charge is 2.24. The summed E-state index contributed by atoms with van der Waals surface area (Å²) < 4.78 is 27.1. The topological polar surface area (TPSA) is 83.2 Å². The summed E-state index contributed by atoms with van der Waals surface area (Å²) in [6.45, 7) is 10.9. The molecular weight excluding hydrogens is 585 g/mol. The Bertz CT molecular complexity index is 1710. The number of H-pyrrole nitrogens is 2. The Morgan fingerprint density at radius 2 is 1.80 bits per heavy atom. The number of halogens is 1. The van der Waals surface area contributed by atoms with Crippen LogP contribution in [0, 0.1) is 18.2 Å². The Hall–Kier alpha value is -3.75. The fraction of sp³-hybridized carbons (Fsp3) is 0.378. The third kappa shape index (κ3) is 8.10. The fourth-order valence-electron chi connectivity index (χ4n) is 5.86. The molecule has 0 atom stereocenters. The predicted molar refractivity (Wildman–Crippen MR) is 183 cm³/mol. The van der Waals surface area contributed by atoms with E-state index in [1.165, 1.54) is 11.6 Å². The van der Waals surface area contributed by atoms with E-state index in [1.807, 2.05) is 67.3 Å². The highest BCUT2D eigenvalue weighted by atomic mass is 32.2. The second kappa shape index (κ2) is 14.1. The second-order valence-electron chi connectivity index (χ2n) is 13.1. The molecule has 0 aliphatic heterocycles. The molecule has 45 heavy (non-hydrogen) atoms. The van der Waals surface area contributed by atoms with Gasteiger partial charge < -0.3 is 24.5 Å². The van der Waals surface area contributed by atoms with Gasteiger partial charge in [0.1, 0.15) is 17.3 Å². The molecular formula is C37H44FN3O3S. The minimum Gasteiger partial charge on any atom is -0.468 e. The molecule has 0 unspecified atom stereocenters. The number of thioether (sulfide) groups is 1. The monoisotopic (exact) mass is 629 g/mol. The van der Waals surface area contributed by atoms with Gasteiger partial charge in [0.2, 0.25) is 0 Å². The molecule has 5 aromatic rings. The zero-order valence-corrected chi connectivity index (χ0v) is 27.7. The Morgan fingerprint density at radius 1 is 0.956 bits per heavy atom. The van der Waals surface area contributed by atoms with Gasteiger partial charge in [-0.05, 0) is 90.0 Å². The largest absolute Gasteiger partial charge is 0.468 e. The number of ether oxygens (including phenoxy) is 2. The molecule has 3 aromatic carbocycles. The number of hydrogen-bond acceptors (Lipinski definition) is 5. The maximum Gasteiger partial charge on any atom is 0.186 e. The van der Waals surface area contributed by atoms with Crippen LogP contribution < -0.4 is 9.47 Å². The first-order valence-corrected chi connectivity index (χ1v) is 16.7. The van der Waals surface area contributed by atoms with Crippen molar-refractivity contribution in [1.82, 2.24) is 15.0 Å². The SMILES string of the molecule is Cc1ccc(Oc2c(F)cc3[nH]ccc3c2CCSCC(C)(C)CCCC(C)(C)c2cccc(OCO)c2)cc1-c1ncc[nH]1. The first-order valence-electron chi connectivity index (χ1n) is 15.5. The second-order valence-corrected chi connectivity index (χ2v) is 14.2. The molecule has 0 aliphatic carbocycles. The van der Waals surface area contributed by atoms with Crippen LogP contribution in [0.15, 0.2) is 73.2 Å². The van der Waals surface area contributed by atoms with E-state index in [0.717, 1.165) is 64.2 Å². The van der Waals surface area contributed by atoms with Crippen LogP contribution in [-0.2, 0) is 11.8 Å². The lowest BCUT2D eigenvalue weighted by molar-refractivity contribution is 0.0983. The van der Waals surface area contributed by atoms with Gasteiger partial charge in [-0.3, -0.25) is 0 Å². The van der Waals surface area contributed by atoms with Gasteiger partial charge in [-0.1, -0.05) is 52.3 Å². The van der Waals surface area contributed by atoms with Crippen LogP contribution in [-0.4, -0.2) is 38.4 Å². The van der Waals surface area contributed by atoms with Gasteiger partial charge in [-0.2, -0.15) is 11.8 Å². The number of aryl methyl sites for hydroxylation is 2. The summed E-state index contributed by atoms with van der Waals surface area (Å²) in [7, 11) is 0. The van der Waals surface area contributed by atoms with Crippen molar-refractivity contribution in [3.8, 4) is 28.6 Å². The number of aliphatic hydroxyl groups excluding tert-OH is 1. The molecule has 0 amide bonds. The summed E-state index contributed by atoms with van der Waals surface area (Å²) in [6.07, 6.45) is 9.32. The number of nitrogens with zero attached hydrogens (tertiary/aromatic N) is 1. The number of aliphatic hydroxyl groups is 1. The zero-order chi connectivity index (χ0) is 32.0. The molecule has 2 aromatic heterocycles. The number of hydrogen-bond donors (Lipinski definition) is 3. The van der Waals surface area contributed by atoms with E-state index < -0.39 is 0 Å². The Morgan fingerprint density at radius 3 is 2.58 bits per heavy atom. The van der Waals surface area contributed by atoms with E-state index in [-0.39, 0.29) is 29.2 Å². The van der Waals surface area contributed by atoms with Crippen LogP contribution in [0.5, 0.6) is 17.2 Å². The van der Waals surface area contributed by atoms with Gasteiger partial charge in [0.25, 0.3) is 0 Å². The molecule has 2 heterocycles. The lowest BCUT2D eigenvalue weighted by Gasteiger charge is -2.29. The van der Waals surface area contributed by atoms with E-state index in [0.29, 0.717) is 17.9 Å². The van der Waals surface area contributed by atoms with Gasteiger partial charge in [0, 0.05) is 46.7 Å². The van der Waals surface area contributed by atoms with Crippen molar-refractivity contribution in [2.24, 2.45) is 5.41 Å². The fourth-order valence-corrected chi connectivity index (χ4v) is 7.05. The van der Waals surface area contributed by atoms with Crippen LogP contribution in [0.25, 0.3) is 22.3 Å². The van der Waals surface area contributed by atoms with E-state index in [1.54, 1.807) is 12.4 Å². The lowest BCUT2D eigenvalue weighted by Crippen LogP contribution is -2.20. The molecule has 6 nitrogen and oxygen atoms in total. The standard InChI is InChI=1S/C37H44FN3O3S/c1-25-10-11-28(21-31(25)35-40-17-18-41-35)44-34-30(29-12-16-39-33(29)22-32(34)38)13-19-45-23-36(2,3)14-7-15-37(4,5)26-8-6-9-27(20-26)43-24-42/h6,8-12,16-18,20-22,39,42H,7,13-15,19,23-24H2,1-5H3,(H,40,41). The summed E-state index contributed by atoms with van der Waals surface area (Å²) in [4.78, 5) is 10.7. The molecule has 0 saturated heterocycles. The van der Waals surface area contributed by atoms with Crippen LogP contribution in [0.3, 0.4) is 0 Å². The van der Waals surface area contributed by atoms with Gasteiger partial charge in [0.15, 0.2) is 18.4 Å². The van der Waals surface area contributed by atoms with Crippen molar-refractivity contribution in [3.63, 3.8) is 0 Å². The molecule has 238 valence electrons. The van der Waals surface area contributed by atoms with Crippen LogP contribution >= 0.6 is 11.8 Å². The maximum atomic E-state index is 15.5. The first kappa shape index (κ1) is 32.6. The molecule has 0 spiro atoms. The molecule has 0 aliphatic rings. The summed E-state index contributed by atoms with van der Waals surface area (Å²) >= 11 is 1.91. The van der Waals surface area contributed by atoms with Gasteiger partial charge in [0.05, 0.1) is 0 Å². The van der Waals surface area contributed by atoms with Crippen molar-refractivity contribution in [3.05, 3.63) is 95.7 Å². The number of imidazole rings is 1. The van der Waals surface area contributed by atoms with E-state index in [9.17, 15) is 0 Å². The number of rotatable bonds is 15. The van der Waals surface area contributed by atoms with Crippen molar-refractivity contribution >= 4 is 22.7 Å². The first-order chi connectivity index (χ1) is 21.6. The number of aromatic amines is 2. The highest BCUT2D eigenvalue weighted by Crippen LogP contribution is 2.38. The third-order valence-corrected chi connectivity index (χ3v) is 10.0. The van der Waals surface area contributed by atoms with Crippen molar-refractivity contribution in [2.45, 2.75) is 65.7 Å². The minimum absolute atomic E-state index is 0.00390. The normalized spacial score (nSPS) is 12.2. The smallest absolute Gasteiger partial charge is 0.186 e. The van der Waals surface area contributed by atoms with E-state index >= 15 is 4.39 Å². The Balaban J connectivity index is 1.21. The predicted octanol–water partition coefficient (Wildman–Crippen LogP) is 9.58. The zero-order valence-electron chi connectivity index (χ0n) is 26.9. The summed E-state index contributed by atoms with van der Waals surface area (Å²) in [5.74, 6) is 3.81. The molecule has 0 radical (unpaired) electrons. The van der Waals surface area contributed by atoms with Gasteiger partial charge in [-0.15, -0.1) is 0 Å². The van der Waals surface area contributed by atoms with Gasteiger partial charge >= 0.3 is 0 Å². The van der Waals surface area contributed by atoms with Crippen LogP contribution in [0.1, 0.15) is 63.6 Å². The number of fused-ring (bicyclic) bond motifs is 1. The number of benzene rings is 3. The minimum atomic E-state index is -0.374. The maximum absolute atomic E-state index is 15.5. The summed E-state index contributed by atoms with van der Waals surface area (Å²) in [5, 5.41) is 10.1. The highest BCUT2D eigenvalue weighted by molar-refractivity contribution is 7.99. The quantitative estimate of drug-likeness (QED) is 0.0794. The van der Waals surface area contributed by atoms with Crippen LogP contribution in [0.2, 0.25) is 0 Å². The third-order valence-electron chi connectivity index (χ3n) is 8.54. The van der Waals surface area contributed by atoms with Crippen molar-refractivity contribution in [1.29, 1.82) is 0 Å². The molecule has 5 rings (SSSR count). The molecule has 3 N–H and O–H groups in total. The summed E-state index contributed by atoms with van der Waals surface area (Å²) in [6, 6.07) is 17.3. The molecule has 0 fully saturated rings. The van der Waals surface area contributed by atoms with Crippen molar-refractivity contribution < 1.29 is 19.0 Å². The molecule has 0 bridgehead atoms. The van der Waals surface area contributed by atoms with E-state index in [2.05, 4.69) is 48.7 Å². The van der Waals surface area contributed by atoms with E-state index in [4.69, 9.17) is 14.6 Å². The summed E-state index contributed by atoms with van der Waals surface area (Å²) in [5.41, 5.74) is 5.02. The average molecular weight is 630 g/mol. The number of aromatic nitrogens is 3. The van der Waals surface area contributed by atoms with Gasteiger partial charge in [-0.25, -0.2) is 9.37 Å². The number of nitrogens with one attached hydrogen (secondary N) is 2. The lowest BCUT2D eigenvalue weighted by atomic mass is 9.78.